The first-order chi connectivity index (χ1) is 10.2. The van der Waals surface area contributed by atoms with Crippen LogP contribution in [0, 0.1) is 11.3 Å². The third-order valence-electron chi connectivity index (χ3n) is 3.81. The first-order valence-corrected chi connectivity index (χ1v) is 7.87. The number of rotatable bonds is 6. The molecule has 1 saturated carbocycles. The maximum atomic E-state index is 8.82. The highest BCUT2D eigenvalue weighted by Gasteiger charge is 2.18. The number of nitrogens with two attached hydrogens (primary N) is 1. The normalized spacial score (nSPS) is 21.8. The van der Waals surface area contributed by atoms with Gasteiger partial charge in [-0.15, -0.1) is 0 Å². The summed E-state index contributed by atoms with van der Waals surface area (Å²) >= 11 is 5.99. The summed E-state index contributed by atoms with van der Waals surface area (Å²) in [4.78, 5) is 0. The quantitative estimate of drug-likeness (QED) is 0.791. The van der Waals surface area contributed by atoms with Crippen LogP contribution in [0.4, 0.5) is 5.69 Å². The number of nitrogens with one attached hydrogen (secondary N) is 1. The fourth-order valence-corrected chi connectivity index (χ4v) is 2.75. The topological polar surface area (TPSA) is 71.1 Å². The Bertz CT molecular complexity index is 493. The van der Waals surface area contributed by atoms with Crippen molar-refractivity contribution in [3.8, 4) is 6.07 Å². The van der Waals surface area contributed by atoms with Gasteiger partial charge in [0.05, 0.1) is 16.7 Å². The Morgan fingerprint density at radius 1 is 1.33 bits per heavy atom. The summed E-state index contributed by atoms with van der Waals surface area (Å²) in [5.41, 5.74) is 7.31. The van der Waals surface area contributed by atoms with Crippen LogP contribution in [-0.4, -0.2) is 25.3 Å². The first kappa shape index (κ1) is 16.1. The maximum absolute atomic E-state index is 8.82. The predicted octanol–water partition coefficient (Wildman–Crippen LogP) is 3.30. The minimum atomic E-state index is 0.368. The van der Waals surface area contributed by atoms with E-state index < -0.39 is 0 Å². The van der Waals surface area contributed by atoms with E-state index in [0.717, 1.165) is 50.9 Å². The second-order valence-corrected chi connectivity index (χ2v) is 5.90. The number of nitrogens with zero attached hydrogens (tertiary/aromatic N) is 1. The third-order valence-corrected chi connectivity index (χ3v) is 4.12. The summed E-state index contributed by atoms with van der Waals surface area (Å²) in [6, 6.07) is 7.80. The molecule has 1 fully saturated rings. The van der Waals surface area contributed by atoms with Crippen molar-refractivity contribution in [1.82, 2.24) is 0 Å². The molecule has 0 unspecified atom stereocenters. The summed E-state index contributed by atoms with van der Waals surface area (Å²) in [6.07, 6.45) is 5.65. The third kappa shape index (κ3) is 5.20. The lowest BCUT2D eigenvalue weighted by Gasteiger charge is -2.26. The first-order valence-electron chi connectivity index (χ1n) is 7.49. The van der Waals surface area contributed by atoms with Crippen molar-refractivity contribution in [1.29, 1.82) is 5.26 Å². The Balaban J connectivity index is 1.62. The zero-order valence-electron chi connectivity index (χ0n) is 12.1. The highest BCUT2D eigenvalue weighted by Crippen LogP contribution is 2.21. The maximum Gasteiger partial charge on any atom is 0.101 e. The number of ether oxygens (including phenoxy) is 1. The molecule has 1 aliphatic rings. The highest BCUT2D eigenvalue weighted by atomic mass is 35.5. The lowest BCUT2D eigenvalue weighted by atomic mass is 9.94. The molecule has 0 amide bonds. The molecule has 0 atom stereocenters. The molecule has 0 spiro atoms. The van der Waals surface area contributed by atoms with Crippen molar-refractivity contribution < 1.29 is 4.74 Å². The largest absolute Gasteiger partial charge is 0.385 e. The van der Waals surface area contributed by atoms with Gasteiger partial charge in [-0.1, -0.05) is 11.6 Å². The van der Waals surface area contributed by atoms with Crippen molar-refractivity contribution in [2.24, 2.45) is 5.73 Å². The van der Waals surface area contributed by atoms with Gasteiger partial charge >= 0.3 is 0 Å². The van der Waals surface area contributed by atoms with E-state index in [0.29, 0.717) is 22.7 Å². The van der Waals surface area contributed by atoms with Crippen molar-refractivity contribution in [3.63, 3.8) is 0 Å². The fourth-order valence-electron chi connectivity index (χ4n) is 2.53. The Morgan fingerprint density at radius 3 is 2.76 bits per heavy atom. The molecule has 3 N–H and O–H groups in total. The molecular formula is C16H22ClN3O. The van der Waals surface area contributed by atoms with Crippen LogP contribution in [0.2, 0.25) is 5.02 Å². The zero-order valence-corrected chi connectivity index (χ0v) is 12.9. The number of hydrogen-bond acceptors (Lipinski definition) is 4. The van der Waals surface area contributed by atoms with Crippen LogP contribution in [0.25, 0.3) is 0 Å². The van der Waals surface area contributed by atoms with E-state index in [2.05, 4.69) is 5.32 Å². The molecule has 0 bridgehead atoms. The summed E-state index contributed by atoms with van der Waals surface area (Å²) in [5, 5.41) is 12.6. The van der Waals surface area contributed by atoms with Gasteiger partial charge in [0.1, 0.15) is 6.07 Å². The molecule has 1 aromatic carbocycles. The zero-order chi connectivity index (χ0) is 15.1. The summed E-state index contributed by atoms with van der Waals surface area (Å²) in [6.45, 7) is 1.59. The van der Waals surface area contributed by atoms with Crippen LogP contribution in [-0.2, 0) is 4.74 Å². The molecule has 0 saturated heterocycles. The van der Waals surface area contributed by atoms with Gasteiger partial charge in [-0.05, 0) is 50.3 Å². The van der Waals surface area contributed by atoms with E-state index in [1.54, 1.807) is 12.1 Å². The molecule has 0 aliphatic heterocycles. The molecule has 2 rings (SSSR count). The molecule has 1 aromatic rings. The monoisotopic (exact) mass is 307 g/mol. The van der Waals surface area contributed by atoms with Crippen LogP contribution in [0.3, 0.4) is 0 Å². The molecule has 114 valence electrons. The van der Waals surface area contributed by atoms with Gasteiger partial charge in [0.15, 0.2) is 0 Å². The SMILES string of the molecule is N#Cc1ccc(NCCCOC2CCC(N)CC2)cc1Cl. The average Bonchev–Trinajstić information content (AvgIpc) is 2.49. The minimum absolute atomic E-state index is 0.368. The fraction of sp³-hybridized carbons (Fsp3) is 0.562. The second-order valence-electron chi connectivity index (χ2n) is 5.49. The van der Waals surface area contributed by atoms with Gasteiger partial charge in [0.2, 0.25) is 0 Å². The Morgan fingerprint density at radius 2 is 2.10 bits per heavy atom. The number of anilines is 1. The van der Waals surface area contributed by atoms with Crippen LogP contribution in [0.15, 0.2) is 18.2 Å². The Kier molecular flexibility index (Phi) is 6.31. The lowest BCUT2D eigenvalue weighted by Crippen LogP contribution is -2.30. The van der Waals surface area contributed by atoms with Gasteiger partial charge in [-0.25, -0.2) is 0 Å². The Hall–Kier alpha value is -1.28. The molecule has 0 aromatic heterocycles. The van der Waals surface area contributed by atoms with E-state index in [1.165, 1.54) is 0 Å². The Labute approximate surface area is 131 Å². The number of nitriles is 1. The molecule has 4 nitrogen and oxygen atoms in total. The van der Waals surface area contributed by atoms with Crippen LogP contribution in [0.5, 0.6) is 0 Å². The minimum Gasteiger partial charge on any atom is -0.385 e. The van der Waals surface area contributed by atoms with Crippen LogP contribution >= 0.6 is 11.6 Å². The predicted molar refractivity (Wildman–Crippen MR) is 85.5 cm³/mol. The molecular weight excluding hydrogens is 286 g/mol. The van der Waals surface area contributed by atoms with Gasteiger partial charge in [-0.3, -0.25) is 0 Å². The standard InChI is InChI=1S/C16H22ClN3O/c17-16-10-14(5-2-12(16)11-18)20-8-1-9-21-15-6-3-13(19)4-7-15/h2,5,10,13,15,20H,1,3-4,6-9,19H2. The van der Waals surface area contributed by atoms with Crippen LogP contribution < -0.4 is 11.1 Å². The van der Waals surface area contributed by atoms with E-state index in [-0.39, 0.29) is 0 Å². The molecule has 0 heterocycles. The smallest absolute Gasteiger partial charge is 0.101 e. The summed E-state index contributed by atoms with van der Waals surface area (Å²) < 4.78 is 5.86. The average molecular weight is 308 g/mol. The summed E-state index contributed by atoms with van der Waals surface area (Å²) in [7, 11) is 0. The van der Waals surface area contributed by atoms with Crippen molar-refractivity contribution in [3.05, 3.63) is 28.8 Å². The number of hydrogen-bond donors (Lipinski definition) is 2. The molecule has 21 heavy (non-hydrogen) atoms. The van der Waals surface area contributed by atoms with E-state index in [9.17, 15) is 0 Å². The van der Waals surface area contributed by atoms with Crippen molar-refractivity contribution >= 4 is 17.3 Å². The van der Waals surface area contributed by atoms with E-state index in [4.69, 9.17) is 27.3 Å². The number of benzene rings is 1. The van der Waals surface area contributed by atoms with E-state index >= 15 is 0 Å². The number of halogens is 1. The molecule has 5 heteroatoms. The van der Waals surface area contributed by atoms with Crippen molar-refractivity contribution in [2.75, 3.05) is 18.5 Å². The van der Waals surface area contributed by atoms with Crippen molar-refractivity contribution in [2.45, 2.75) is 44.2 Å². The van der Waals surface area contributed by atoms with E-state index in [1.807, 2.05) is 12.1 Å². The molecule has 0 radical (unpaired) electrons. The highest BCUT2D eigenvalue weighted by molar-refractivity contribution is 6.32. The van der Waals surface area contributed by atoms with Crippen LogP contribution in [0.1, 0.15) is 37.7 Å². The lowest BCUT2D eigenvalue weighted by molar-refractivity contribution is 0.0251. The van der Waals surface area contributed by atoms with Gasteiger partial charge in [-0.2, -0.15) is 5.26 Å². The van der Waals surface area contributed by atoms with Gasteiger partial charge in [0, 0.05) is 24.9 Å². The van der Waals surface area contributed by atoms with Gasteiger partial charge < -0.3 is 15.8 Å². The molecule has 1 aliphatic carbocycles. The van der Waals surface area contributed by atoms with Gasteiger partial charge in [0.25, 0.3) is 0 Å². The second kappa shape index (κ2) is 8.23. The summed E-state index contributed by atoms with van der Waals surface area (Å²) in [5.74, 6) is 0.